The molecule has 20 heavy (non-hydrogen) atoms. The van der Waals surface area contributed by atoms with Gasteiger partial charge in [-0.3, -0.25) is 9.69 Å². The lowest BCUT2D eigenvalue weighted by molar-refractivity contribution is -0.152. The lowest BCUT2D eigenvalue weighted by Crippen LogP contribution is -2.63. The molecule has 0 aromatic heterocycles. The van der Waals surface area contributed by atoms with Crippen molar-refractivity contribution in [3.8, 4) is 12.3 Å². The number of hydrogen-bond acceptors (Lipinski definition) is 4. The number of terminal acetylenes is 1. The van der Waals surface area contributed by atoms with Gasteiger partial charge in [0.2, 0.25) is 5.91 Å². The molecule has 2 aliphatic rings. The van der Waals surface area contributed by atoms with E-state index in [-0.39, 0.29) is 28.3 Å². The first kappa shape index (κ1) is 14.9. The zero-order valence-electron chi connectivity index (χ0n) is 11.0. The van der Waals surface area contributed by atoms with E-state index < -0.39 is 5.97 Å². The number of thioether (sulfide) groups is 1. The summed E-state index contributed by atoms with van der Waals surface area (Å²) >= 11 is 6.50. The molecule has 2 heterocycles. The largest absolute Gasteiger partial charge is 0.477 e. The summed E-state index contributed by atoms with van der Waals surface area (Å²) in [5.74, 6) is 0.840. The van der Waals surface area contributed by atoms with Gasteiger partial charge in [0.1, 0.15) is 5.70 Å². The van der Waals surface area contributed by atoms with Crippen LogP contribution in [0.1, 0.15) is 20.3 Å². The Labute approximate surface area is 126 Å². The number of rotatable bonds is 3. The summed E-state index contributed by atoms with van der Waals surface area (Å²) in [5.41, 5.74) is 0.635. The van der Waals surface area contributed by atoms with E-state index in [0.29, 0.717) is 17.0 Å². The Bertz CT molecular complexity index is 564. The molecular weight excluding hydrogens is 296 g/mol. The van der Waals surface area contributed by atoms with Crippen LogP contribution in [0.2, 0.25) is 0 Å². The maximum atomic E-state index is 12.0. The van der Waals surface area contributed by atoms with E-state index in [0.717, 1.165) is 0 Å². The van der Waals surface area contributed by atoms with Crippen molar-refractivity contribution in [2.75, 3.05) is 0 Å². The number of carboxylic acids is 1. The number of fused-ring (bicyclic) bond motifs is 1. The van der Waals surface area contributed by atoms with Gasteiger partial charge in [-0.05, 0) is 19.4 Å². The molecule has 0 aromatic carbocycles. The molecule has 2 N–H and O–H groups in total. The van der Waals surface area contributed by atoms with Crippen LogP contribution < -0.4 is 5.32 Å². The van der Waals surface area contributed by atoms with Crippen LogP contribution in [0.5, 0.6) is 0 Å². The van der Waals surface area contributed by atoms with Gasteiger partial charge in [-0.25, -0.2) is 4.79 Å². The second-order valence-corrected chi connectivity index (χ2v) is 6.51. The van der Waals surface area contributed by atoms with Crippen molar-refractivity contribution in [1.29, 1.82) is 0 Å². The highest BCUT2D eigenvalue weighted by atomic mass is 32.2. The number of aliphatic carboxylic acids is 1. The third-order valence-corrected chi connectivity index (χ3v) is 4.99. The third-order valence-electron chi connectivity index (χ3n) is 3.31. The monoisotopic (exact) mass is 310 g/mol. The smallest absolute Gasteiger partial charge is 0.352 e. The number of carboxylic acid groups (broad SMARTS) is 1. The molecule has 1 saturated heterocycles. The van der Waals surface area contributed by atoms with Crippen LogP contribution in [0, 0.1) is 18.3 Å². The maximum absolute atomic E-state index is 12.0. The second-order valence-electron chi connectivity index (χ2n) is 4.67. The fourth-order valence-corrected chi connectivity index (χ4v) is 4.15. The number of carbonyl (C=O) groups excluding carboxylic acids is 1. The van der Waals surface area contributed by atoms with E-state index in [4.69, 9.17) is 18.6 Å². The summed E-state index contributed by atoms with van der Waals surface area (Å²) in [4.78, 5) is 25.4. The zero-order valence-corrected chi connectivity index (χ0v) is 12.7. The van der Waals surface area contributed by atoms with E-state index in [2.05, 4.69) is 11.2 Å². The predicted octanol–water partition coefficient (Wildman–Crippen LogP) is 1.16. The van der Waals surface area contributed by atoms with E-state index in [9.17, 15) is 14.7 Å². The highest BCUT2D eigenvalue weighted by molar-refractivity contribution is 8.00. The number of carbonyl (C=O) groups is 2. The molecule has 1 fully saturated rings. The van der Waals surface area contributed by atoms with Crippen LogP contribution in [-0.4, -0.2) is 37.6 Å². The Morgan fingerprint density at radius 1 is 1.65 bits per heavy atom. The molecule has 0 aliphatic carbocycles. The molecule has 0 radical (unpaired) electrons. The van der Waals surface area contributed by atoms with Gasteiger partial charge >= 0.3 is 5.97 Å². The molecule has 1 amide bonds. The molecule has 2 aliphatic heterocycles. The number of hydrogen-bond donors (Lipinski definition) is 2. The van der Waals surface area contributed by atoms with Gasteiger partial charge in [-0.1, -0.05) is 12.2 Å². The van der Waals surface area contributed by atoms with Gasteiger partial charge in [0, 0.05) is 6.42 Å². The van der Waals surface area contributed by atoms with Crippen molar-refractivity contribution >= 4 is 40.8 Å². The third kappa shape index (κ3) is 2.30. The van der Waals surface area contributed by atoms with E-state index in [1.165, 1.54) is 16.7 Å². The van der Waals surface area contributed by atoms with E-state index in [1.54, 1.807) is 13.8 Å². The van der Waals surface area contributed by atoms with Crippen LogP contribution in [-0.2, 0) is 9.59 Å². The number of nitrogens with one attached hydrogen (secondary N) is 1. The highest BCUT2D eigenvalue weighted by Gasteiger charge is 2.54. The highest BCUT2D eigenvalue weighted by Crippen LogP contribution is 2.47. The Hall–Kier alpha value is -1.52. The summed E-state index contributed by atoms with van der Waals surface area (Å²) in [5, 5.41) is 11.9. The van der Waals surface area contributed by atoms with Crippen LogP contribution >= 0.6 is 24.0 Å². The Balaban J connectivity index is 2.36. The van der Waals surface area contributed by atoms with Gasteiger partial charge in [0.05, 0.1) is 21.7 Å². The van der Waals surface area contributed by atoms with Crippen LogP contribution in [0.15, 0.2) is 11.3 Å². The van der Waals surface area contributed by atoms with Crippen molar-refractivity contribution in [2.24, 2.45) is 5.92 Å². The lowest BCUT2D eigenvalue weighted by Gasteiger charge is -2.51. The van der Waals surface area contributed by atoms with Crippen LogP contribution in [0.4, 0.5) is 0 Å². The number of nitrogens with zero attached hydrogens (tertiary/aromatic N) is 1. The summed E-state index contributed by atoms with van der Waals surface area (Å²) in [6.45, 7) is 3.44. The summed E-state index contributed by atoms with van der Waals surface area (Å²) in [6.07, 6.45) is 5.59. The normalized spacial score (nSPS) is 28.4. The summed E-state index contributed by atoms with van der Waals surface area (Å²) in [7, 11) is 0. The Morgan fingerprint density at radius 2 is 2.30 bits per heavy atom. The average molecular weight is 310 g/mol. The minimum atomic E-state index is -1.10. The Kier molecular flexibility index (Phi) is 4.06. The Morgan fingerprint density at radius 3 is 2.80 bits per heavy atom. The average Bonchev–Trinajstić information content (AvgIpc) is 2.37. The molecular formula is C13H14N2O3S2. The molecule has 2 unspecified atom stereocenters. The number of amides is 1. The standard InChI is InChI=1S/C13H14N2O3S2/c1-4-5-8-11(16)15-9(13(17)18)6(2)10(14-7(3)19)20-12(8)15/h1,8,10,12H,5H2,2-3H3,(H,14,19)(H,17,18)/t8?,10?,12-/m1/s1. The molecule has 2 rings (SSSR count). The minimum absolute atomic E-state index is 0.0424. The fraction of sp³-hybridized carbons (Fsp3) is 0.462. The van der Waals surface area contributed by atoms with Crippen LogP contribution in [0.25, 0.3) is 0 Å². The van der Waals surface area contributed by atoms with Gasteiger partial charge in [0.25, 0.3) is 0 Å². The zero-order chi connectivity index (χ0) is 15.0. The molecule has 0 aromatic rings. The van der Waals surface area contributed by atoms with Crippen molar-refractivity contribution in [2.45, 2.75) is 31.0 Å². The fourth-order valence-electron chi connectivity index (χ4n) is 2.39. The summed E-state index contributed by atoms with van der Waals surface area (Å²) < 4.78 is 0. The first-order valence-electron chi connectivity index (χ1n) is 6.01. The topological polar surface area (TPSA) is 69.6 Å². The first-order valence-corrected chi connectivity index (χ1v) is 7.36. The van der Waals surface area contributed by atoms with Gasteiger partial charge in [-0.2, -0.15) is 0 Å². The van der Waals surface area contributed by atoms with Crippen molar-refractivity contribution in [1.82, 2.24) is 10.2 Å². The van der Waals surface area contributed by atoms with Crippen molar-refractivity contribution < 1.29 is 14.7 Å². The molecule has 106 valence electrons. The molecule has 7 heteroatoms. The molecule has 5 nitrogen and oxygen atoms in total. The second kappa shape index (κ2) is 5.46. The quantitative estimate of drug-likeness (QED) is 0.463. The molecule has 0 bridgehead atoms. The molecule has 0 saturated carbocycles. The van der Waals surface area contributed by atoms with Crippen LogP contribution in [0.3, 0.4) is 0 Å². The van der Waals surface area contributed by atoms with Crippen molar-refractivity contribution in [3.05, 3.63) is 11.3 Å². The van der Waals surface area contributed by atoms with Gasteiger partial charge in [0.15, 0.2) is 0 Å². The minimum Gasteiger partial charge on any atom is -0.477 e. The summed E-state index contributed by atoms with van der Waals surface area (Å²) in [6, 6.07) is 0. The lowest BCUT2D eigenvalue weighted by atomic mass is 9.92. The SMILES string of the molecule is C#CCC1C(=O)N2C(C(=O)O)=C(C)C(NC(C)=S)S[C@H]12. The maximum Gasteiger partial charge on any atom is 0.352 e. The molecule has 3 atom stereocenters. The molecule has 0 spiro atoms. The van der Waals surface area contributed by atoms with Crippen molar-refractivity contribution in [3.63, 3.8) is 0 Å². The van der Waals surface area contributed by atoms with Gasteiger partial charge < -0.3 is 10.4 Å². The first-order chi connectivity index (χ1) is 9.38. The predicted molar refractivity (Wildman–Crippen MR) is 80.7 cm³/mol. The number of β-lactam (4-membered cyclic amide) rings is 1. The van der Waals surface area contributed by atoms with E-state index >= 15 is 0 Å². The van der Waals surface area contributed by atoms with E-state index in [1.807, 2.05) is 0 Å². The number of thiocarbonyl (C=S) groups is 1. The van der Waals surface area contributed by atoms with Gasteiger partial charge in [-0.15, -0.1) is 24.1 Å².